The first-order valence-corrected chi connectivity index (χ1v) is 5.27. The first-order chi connectivity index (χ1) is 6.77. The second kappa shape index (κ2) is 5.84. The highest BCUT2D eigenvalue weighted by Crippen LogP contribution is 2.18. The fourth-order valence-corrected chi connectivity index (χ4v) is 1.54. The largest absolute Gasteiger partial charge is 0.307 e. The van der Waals surface area contributed by atoms with E-state index in [2.05, 4.69) is 24.9 Å². The van der Waals surface area contributed by atoms with Crippen LogP contribution in [0.2, 0.25) is 5.02 Å². The van der Waals surface area contributed by atoms with Crippen LogP contribution in [0, 0.1) is 0 Å². The summed E-state index contributed by atoms with van der Waals surface area (Å²) >= 11 is 5.92. The zero-order chi connectivity index (χ0) is 10.4. The van der Waals surface area contributed by atoms with Crippen LogP contribution in [0.15, 0.2) is 36.9 Å². The van der Waals surface area contributed by atoms with Crippen molar-refractivity contribution in [1.82, 2.24) is 5.32 Å². The predicted octanol–water partition coefficient (Wildman–Crippen LogP) is 3.57. The molecule has 1 aromatic carbocycles. The lowest BCUT2D eigenvalue weighted by molar-refractivity contribution is 0.613. The molecule has 1 nitrogen and oxygen atoms in total. The zero-order valence-electron chi connectivity index (χ0n) is 8.46. The SMILES string of the molecule is C=CC(NCCC)c1cccc(Cl)c1. The summed E-state index contributed by atoms with van der Waals surface area (Å²) in [6, 6.07) is 8.07. The summed E-state index contributed by atoms with van der Waals surface area (Å²) in [5, 5.41) is 4.16. The first kappa shape index (κ1) is 11.3. The summed E-state index contributed by atoms with van der Waals surface area (Å²) in [6.45, 7) is 6.95. The maximum Gasteiger partial charge on any atom is 0.0504 e. The van der Waals surface area contributed by atoms with Gasteiger partial charge < -0.3 is 5.32 Å². The van der Waals surface area contributed by atoms with Gasteiger partial charge in [0, 0.05) is 5.02 Å². The lowest BCUT2D eigenvalue weighted by Gasteiger charge is -2.14. The van der Waals surface area contributed by atoms with Crippen molar-refractivity contribution in [2.75, 3.05) is 6.54 Å². The van der Waals surface area contributed by atoms with Crippen LogP contribution in [0.25, 0.3) is 0 Å². The molecule has 0 aliphatic carbocycles. The molecule has 0 aliphatic heterocycles. The third-order valence-electron chi connectivity index (χ3n) is 2.06. The van der Waals surface area contributed by atoms with E-state index < -0.39 is 0 Å². The van der Waals surface area contributed by atoms with Crippen molar-refractivity contribution < 1.29 is 0 Å². The highest BCUT2D eigenvalue weighted by Gasteiger charge is 2.05. The summed E-state index contributed by atoms with van der Waals surface area (Å²) < 4.78 is 0. The molecule has 0 aromatic heterocycles. The van der Waals surface area contributed by atoms with Gasteiger partial charge in [0.25, 0.3) is 0 Å². The number of rotatable bonds is 5. The smallest absolute Gasteiger partial charge is 0.0504 e. The Bertz CT molecular complexity index is 296. The van der Waals surface area contributed by atoms with E-state index in [-0.39, 0.29) is 6.04 Å². The average Bonchev–Trinajstić information content (AvgIpc) is 2.19. The monoisotopic (exact) mass is 209 g/mol. The molecule has 1 unspecified atom stereocenters. The molecule has 76 valence electrons. The second-order valence-corrected chi connectivity index (χ2v) is 3.66. The summed E-state index contributed by atoms with van der Waals surface area (Å²) in [7, 11) is 0. The Morgan fingerprint density at radius 1 is 1.57 bits per heavy atom. The molecular formula is C12H16ClN. The summed E-state index contributed by atoms with van der Waals surface area (Å²) in [5.41, 5.74) is 1.17. The molecule has 1 N–H and O–H groups in total. The fourth-order valence-electron chi connectivity index (χ4n) is 1.34. The van der Waals surface area contributed by atoms with Gasteiger partial charge in [0.05, 0.1) is 6.04 Å². The third-order valence-corrected chi connectivity index (χ3v) is 2.29. The van der Waals surface area contributed by atoms with Gasteiger partial charge in [0.2, 0.25) is 0 Å². The van der Waals surface area contributed by atoms with Crippen LogP contribution in [0.3, 0.4) is 0 Å². The minimum atomic E-state index is 0.202. The van der Waals surface area contributed by atoms with Crippen molar-refractivity contribution in [3.63, 3.8) is 0 Å². The molecule has 14 heavy (non-hydrogen) atoms. The molecule has 1 rings (SSSR count). The van der Waals surface area contributed by atoms with Crippen LogP contribution in [-0.4, -0.2) is 6.54 Å². The number of nitrogens with one attached hydrogen (secondary N) is 1. The van der Waals surface area contributed by atoms with Gasteiger partial charge in [-0.25, -0.2) is 0 Å². The molecule has 0 spiro atoms. The van der Waals surface area contributed by atoms with Gasteiger partial charge in [0.1, 0.15) is 0 Å². The summed E-state index contributed by atoms with van der Waals surface area (Å²) in [5.74, 6) is 0. The van der Waals surface area contributed by atoms with Gasteiger partial charge in [-0.2, -0.15) is 0 Å². The average molecular weight is 210 g/mol. The van der Waals surface area contributed by atoms with E-state index in [1.54, 1.807) is 0 Å². The first-order valence-electron chi connectivity index (χ1n) is 4.89. The van der Waals surface area contributed by atoms with E-state index in [0.717, 1.165) is 18.0 Å². The van der Waals surface area contributed by atoms with Crippen LogP contribution in [-0.2, 0) is 0 Å². The van der Waals surface area contributed by atoms with Gasteiger partial charge in [-0.15, -0.1) is 6.58 Å². The highest BCUT2D eigenvalue weighted by molar-refractivity contribution is 6.30. The normalized spacial score (nSPS) is 12.4. The molecule has 0 bridgehead atoms. The Kier molecular flexibility index (Phi) is 4.71. The van der Waals surface area contributed by atoms with E-state index in [4.69, 9.17) is 11.6 Å². The highest BCUT2D eigenvalue weighted by atomic mass is 35.5. The van der Waals surface area contributed by atoms with Gasteiger partial charge >= 0.3 is 0 Å². The van der Waals surface area contributed by atoms with Crippen molar-refractivity contribution in [2.45, 2.75) is 19.4 Å². The van der Waals surface area contributed by atoms with E-state index in [1.165, 1.54) is 5.56 Å². The second-order valence-electron chi connectivity index (χ2n) is 3.22. The maximum atomic E-state index is 5.92. The number of hydrogen-bond acceptors (Lipinski definition) is 1. The summed E-state index contributed by atoms with van der Waals surface area (Å²) in [4.78, 5) is 0. The molecular weight excluding hydrogens is 194 g/mol. The van der Waals surface area contributed by atoms with E-state index in [1.807, 2.05) is 24.3 Å². The lowest BCUT2D eigenvalue weighted by atomic mass is 10.1. The van der Waals surface area contributed by atoms with Crippen molar-refractivity contribution in [2.24, 2.45) is 0 Å². The number of hydrogen-bond donors (Lipinski definition) is 1. The number of halogens is 1. The van der Waals surface area contributed by atoms with Crippen LogP contribution in [0.4, 0.5) is 0 Å². The van der Waals surface area contributed by atoms with Crippen molar-refractivity contribution in [3.05, 3.63) is 47.5 Å². The van der Waals surface area contributed by atoms with Gasteiger partial charge in [-0.3, -0.25) is 0 Å². The van der Waals surface area contributed by atoms with Crippen LogP contribution < -0.4 is 5.32 Å². The van der Waals surface area contributed by atoms with E-state index in [0.29, 0.717) is 0 Å². The molecule has 1 atom stereocenters. The molecule has 0 saturated carbocycles. The Morgan fingerprint density at radius 2 is 2.36 bits per heavy atom. The van der Waals surface area contributed by atoms with E-state index >= 15 is 0 Å². The standard InChI is InChI=1S/C12H16ClN/c1-3-8-14-12(4-2)10-6-5-7-11(13)9-10/h4-7,9,12,14H,2-3,8H2,1H3. The predicted molar refractivity (Wildman–Crippen MR) is 62.7 cm³/mol. The minimum absolute atomic E-state index is 0.202. The molecule has 0 amide bonds. The molecule has 1 aromatic rings. The van der Waals surface area contributed by atoms with Gasteiger partial charge in [-0.1, -0.05) is 36.7 Å². The molecule has 0 saturated heterocycles. The van der Waals surface area contributed by atoms with Crippen LogP contribution >= 0.6 is 11.6 Å². The Labute approximate surface area is 90.8 Å². The molecule has 0 heterocycles. The molecule has 0 radical (unpaired) electrons. The third kappa shape index (κ3) is 3.17. The molecule has 2 heteroatoms. The minimum Gasteiger partial charge on any atom is -0.307 e. The van der Waals surface area contributed by atoms with Gasteiger partial charge in [0.15, 0.2) is 0 Å². The van der Waals surface area contributed by atoms with Crippen LogP contribution in [0.5, 0.6) is 0 Å². The topological polar surface area (TPSA) is 12.0 Å². The quantitative estimate of drug-likeness (QED) is 0.732. The molecule has 0 aliphatic rings. The lowest BCUT2D eigenvalue weighted by Crippen LogP contribution is -2.19. The fraction of sp³-hybridized carbons (Fsp3) is 0.333. The summed E-state index contributed by atoms with van der Waals surface area (Å²) in [6.07, 6.45) is 3.02. The Morgan fingerprint density at radius 3 is 2.93 bits per heavy atom. The number of benzene rings is 1. The maximum absolute atomic E-state index is 5.92. The molecule has 0 fully saturated rings. The Balaban J connectivity index is 2.73. The van der Waals surface area contributed by atoms with Gasteiger partial charge in [-0.05, 0) is 30.7 Å². The Hall–Kier alpha value is -0.790. The van der Waals surface area contributed by atoms with Crippen molar-refractivity contribution >= 4 is 11.6 Å². The van der Waals surface area contributed by atoms with Crippen molar-refractivity contribution in [1.29, 1.82) is 0 Å². The van der Waals surface area contributed by atoms with E-state index in [9.17, 15) is 0 Å². The van der Waals surface area contributed by atoms with Crippen molar-refractivity contribution in [3.8, 4) is 0 Å². The van der Waals surface area contributed by atoms with Crippen LogP contribution in [0.1, 0.15) is 24.9 Å². The zero-order valence-corrected chi connectivity index (χ0v) is 9.22.